The molecule has 1 heterocycles. The Morgan fingerprint density at radius 3 is 3.11 bits per heavy atom. The van der Waals surface area contributed by atoms with Crippen LogP contribution < -0.4 is 16.0 Å². The van der Waals surface area contributed by atoms with Crippen molar-refractivity contribution >= 4 is 29.0 Å². The van der Waals surface area contributed by atoms with Gasteiger partial charge in [0.2, 0.25) is 5.91 Å². The van der Waals surface area contributed by atoms with E-state index in [2.05, 4.69) is 5.32 Å². The highest BCUT2D eigenvalue weighted by atomic mass is 32.2. The van der Waals surface area contributed by atoms with Crippen LogP contribution in [0.4, 0.5) is 11.4 Å². The average molecular weight is 267 g/mol. The molecule has 1 aliphatic rings. The first-order valence-electron chi connectivity index (χ1n) is 5.76. The third-order valence-electron chi connectivity index (χ3n) is 2.79. The normalized spacial score (nSPS) is 15.8. The topological polar surface area (TPSA) is 78.6 Å². The number of nitrogens with zero attached hydrogens (tertiary/aromatic N) is 1. The van der Waals surface area contributed by atoms with Gasteiger partial charge in [0.1, 0.15) is 0 Å². The van der Waals surface area contributed by atoms with Gasteiger partial charge in [0.15, 0.2) is 0 Å². The van der Waals surface area contributed by atoms with E-state index in [1.54, 1.807) is 0 Å². The summed E-state index contributed by atoms with van der Waals surface area (Å²) in [7, 11) is 1.89. The number of carbonyl (C=O) groups excluding carboxylic acids is 1. The molecule has 0 aromatic heterocycles. The van der Waals surface area contributed by atoms with Crippen LogP contribution in [-0.4, -0.2) is 43.0 Å². The minimum absolute atomic E-state index is 0.0225. The molecule has 5 nitrogen and oxygen atoms in total. The van der Waals surface area contributed by atoms with Crippen LogP contribution in [0.1, 0.15) is 0 Å². The molecule has 0 saturated heterocycles. The molecule has 6 heteroatoms. The molecule has 2 rings (SSSR count). The third-order valence-corrected chi connectivity index (χ3v) is 3.87. The summed E-state index contributed by atoms with van der Waals surface area (Å²) in [6, 6.07) is 5.88. The number of nitrogens with one attached hydrogen (secondary N) is 1. The molecule has 0 saturated carbocycles. The Kier molecular flexibility index (Phi) is 4.11. The maximum atomic E-state index is 11.3. The number of fused-ring (bicyclic) bond motifs is 1. The maximum Gasteiger partial charge on any atom is 0.234 e. The number of benzene rings is 1. The van der Waals surface area contributed by atoms with Crippen molar-refractivity contribution in [2.45, 2.75) is 11.0 Å². The molecule has 0 aliphatic carbocycles. The average Bonchev–Trinajstić information content (AvgIpc) is 2.37. The molecule has 1 atom stereocenters. The van der Waals surface area contributed by atoms with Crippen LogP contribution in [0.3, 0.4) is 0 Å². The lowest BCUT2D eigenvalue weighted by Gasteiger charge is -2.24. The molecule has 18 heavy (non-hydrogen) atoms. The van der Waals surface area contributed by atoms with Crippen LogP contribution in [0.25, 0.3) is 0 Å². The maximum absolute atomic E-state index is 11.3. The predicted molar refractivity (Wildman–Crippen MR) is 74.1 cm³/mol. The molecular weight excluding hydrogens is 250 g/mol. The monoisotopic (exact) mass is 267 g/mol. The lowest BCUT2D eigenvalue weighted by Crippen LogP contribution is -2.34. The summed E-state index contributed by atoms with van der Waals surface area (Å²) in [5.74, 6) is 0.489. The molecular formula is C12H17N3O2S. The van der Waals surface area contributed by atoms with Gasteiger partial charge in [0.05, 0.1) is 17.5 Å². The van der Waals surface area contributed by atoms with E-state index in [1.807, 2.05) is 30.1 Å². The van der Waals surface area contributed by atoms with Crippen molar-refractivity contribution < 1.29 is 9.90 Å². The summed E-state index contributed by atoms with van der Waals surface area (Å²) >= 11 is 1.54. The van der Waals surface area contributed by atoms with Crippen LogP contribution in [0.15, 0.2) is 23.1 Å². The van der Waals surface area contributed by atoms with Crippen molar-refractivity contribution in [2.75, 3.05) is 36.1 Å². The minimum atomic E-state index is -0.546. The first-order chi connectivity index (χ1) is 8.60. The van der Waals surface area contributed by atoms with E-state index in [9.17, 15) is 9.90 Å². The van der Waals surface area contributed by atoms with E-state index in [0.29, 0.717) is 12.3 Å². The predicted octanol–water partition coefficient (Wildman–Crippen LogP) is 0.487. The Morgan fingerprint density at radius 2 is 2.39 bits per heavy atom. The van der Waals surface area contributed by atoms with Crippen molar-refractivity contribution in [3.8, 4) is 0 Å². The Morgan fingerprint density at radius 1 is 1.61 bits per heavy atom. The highest BCUT2D eigenvalue weighted by Crippen LogP contribution is 2.34. The number of rotatable bonds is 4. The van der Waals surface area contributed by atoms with Crippen LogP contribution in [-0.2, 0) is 4.79 Å². The minimum Gasteiger partial charge on any atom is -0.390 e. The zero-order valence-electron chi connectivity index (χ0n) is 10.2. The molecule has 98 valence electrons. The van der Waals surface area contributed by atoms with E-state index in [4.69, 9.17) is 5.73 Å². The third kappa shape index (κ3) is 2.95. The fraction of sp³-hybridized carbons (Fsp3) is 0.417. The number of likely N-dealkylation sites (N-methyl/N-ethyl adjacent to an activating group) is 1. The zero-order valence-corrected chi connectivity index (χ0v) is 11.0. The number of nitrogens with two attached hydrogens (primary N) is 1. The van der Waals surface area contributed by atoms with Gasteiger partial charge < -0.3 is 21.1 Å². The Bertz CT molecular complexity index is 453. The second kappa shape index (κ2) is 5.60. The van der Waals surface area contributed by atoms with Gasteiger partial charge in [-0.2, -0.15) is 0 Å². The number of hydrogen-bond acceptors (Lipinski definition) is 5. The van der Waals surface area contributed by atoms with Crippen molar-refractivity contribution in [1.82, 2.24) is 0 Å². The first kappa shape index (κ1) is 13.2. The van der Waals surface area contributed by atoms with Gasteiger partial charge in [0, 0.05) is 30.7 Å². The van der Waals surface area contributed by atoms with Crippen LogP contribution >= 0.6 is 11.8 Å². The first-order valence-corrected chi connectivity index (χ1v) is 6.74. The fourth-order valence-electron chi connectivity index (χ4n) is 1.80. The lowest BCUT2D eigenvalue weighted by atomic mass is 10.2. The zero-order chi connectivity index (χ0) is 13.1. The van der Waals surface area contributed by atoms with Crippen molar-refractivity contribution in [3.63, 3.8) is 0 Å². The Labute approximate surface area is 110 Å². The van der Waals surface area contributed by atoms with Gasteiger partial charge in [-0.3, -0.25) is 4.79 Å². The quantitative estimate of drug-likeness (QED) is 0.740. The van der Waals surface area contributed by atoms with Crippen LogP contribution in [0.5, 0.6) is 0 Å². The molecule has 0 spiro atoms. The summed E-state index contributed by atoms with van der Waals surface area (Å²) in [4.78, 5) is 14.3. The highest BCUT2D eigenvalue weighted by Gasteiger charge is 2.16. The Hall–Kier alpha value is -1.24. The molecule has 1 aliphatic heterocycles. The van der Waals surface area contributed by atoms with Gasteiger partial charge in [-0.25, -0.2) is 0 Å². The standard InChI is InChI=1S/C12H17N3O2S/c1-15(6-9(16)5-13)8-2-3-11-10(4-8)14-12(17)7-18-11/h2-4,9,16H,5-7,13H2,1H3,(H,14,17). The number of anilines is 2. The smallest absolute Gasteiger partial charge is 0.234 e. The van der Waals surface area contributed by atoms with Crippen LogP contribution in [0, 0.1) is 0 Å². The van der Waals surface area contributed by atoms with E-state index >= 15 is 0 Å². The fourth-order valence-corrected chi connectivity index (χ4v) is 2.59. The molecule has 4 N–H and O–H groups in total. The number of hydrogen-bond donors (Lipinski definition) is 3. The number of carbonyl (C=O) groups is 1. The summed E-state index contributed by atoms with van der Waals surface area (Å²) in [5.41, 5.74) is 7.17. The van der Waals surface area contributed by atoms with Crippen molar-refractivity contribution in [1.29, 1.82) is 0 Å². The van der Waals surface area contributed by atoms with Crippen molar-refractivity contribution in [2.24, 2.45) is 5.73 Å². The number of amides is 1. The molecule has 1 aromatic rings. The molecule has 0 radical (unpaired) electrons. The molecule has 1 aromatic carbocycles. The molecule has 1 amide bonds. The van der Waals surface area contributed by atoms with E-state index in [1.165, 1.54) is 11.8 Å². The number of aliphatic hydroxyl groups excluding tert-OH is 1. The van der Waals surface area contributed by atoms with Crippen LogP contribution in [0.2, 0.25) is 0 Å². The Balaban J connectivity index is 2.15. The molecule has 1 unspecified atom stereocenters. The van der Waals surface area contributed by atoms with Gasteiger partial charge in [-0.05, 0) is 18.2 Å². The van der Waals surface area contributed by atoms with E-state index in [0.717, 1.165) is 16.3 Å². The lowest BCUT2D eigenvalue weighted by molar-refractivity contribution is -0.113. The van der Waals surface area contributed by atoms with Gasteiger partial charge in [-0.1, -0.05) is 0 Å². The molecule has 0 fully saturated rings. The SMILES string of the molecule is CN(CC(O)CN)c1ccc2c(c1)NC(=O)CS2. The van der Waals surface area contributed by atoms with Crippen molar-refractivity contribution in [3.05, 3.63) is 18.2 Å². The second-order valence-electron chi connectivity index (χ2n) is 4.29. The summed E-state index contributed by atoms with van der Waals surface area (Å²) in [6.45, 7) is 0.707. The van der Waals surface area contributed by atoms with E-state index < -0.39 is 6.10 Å². The number of thioether (sulfide) groups is 1. The van der Waals surface area contributed by atoms with Gasteiger partial charge in [-0.15, -0.1) is 11.8 Å². The highest BCUT2D eigenvalue weighted by molar-refractivity contribution is 8.00. The summed E-state index contributed by atoms with van der Waals surface area (Å²) in [6.07, 6.45) is -0.546. The second-order valence-corrected chi connectivity index (χ2v) is 5.30. The van der Waals surface area contributed by atoms with Gasteiger partial charge in [0.25, 0.3) is 0 Å². The van der Waals surface area contributed by atoms with E-state index in [-0.39, 0.29) is 12.5 Å². The largest absolute Gasteiger partial charge is 0.390 e. The summed E-state index contributed by atoms with van der Waals surface area (Å²) in [5, 5.41) is 12.4. The molecule has 0 bridgehead atoms. The number of aliphatic hydroxyl groups is 1. The van der Waals surface area contributed by atoms with Gasteiger partial charge >= 0.3 is 0 Å². The summed E-state index contributed by atoms with van der Waals surface area (Å²) < 4.78 is 0.